The number of aromatic hydroxyl groups is 1. The second kappa shape index (κ2) is 4.35. The Morgan fingerprint density at radius 2 is 1.95 bits per heavy atom. The summed E-state index contributed by atoms with van der Waals surface area (Å²) in [4.78, 5) is 4.72. The van der Waals surface area contributed by atoms with E-state index in [1.807, 2.05) is 30.3 Å². The molecule has 2 aromatic carbocycles. The molecular weight excluding hydrogens is 316 g/mol. The van der Waals surface area contributed by atoms with Crippen LogP contribution in [0, 0.1) is 0 Å². The Labute approximate surface area is 125 Å². The van der Waals surface area contributed by atoms with Gasteiger partial charge in [0.05, 0.1) is 16.6 Å². The van der Waals surface area contributed by atoms with E-state index >= 15 is 0 Å². The molecule has 1 aliphatic rings. The van der Waals surface area contributed by atoms with Crippen LogP contribution in [0.2, 0.25) is 0 Å². The molecule has 1 N–H and O–H groups in total. The Morgan fingerprint density at radius 3 is 2.70 bits per heavy atom. The van der Waals surface area contributed by atoms with Crippen molar-refractivity contribution < 1.29 is 5.11 Å². The number of imidazole rings is 1. The van der Waals surface area contributed by atoms with Crippen molar-refractivity contribution in [1.82, 2.24) is 9.55 Å². The van der Waals surface area contributed by atoms with Gasteiger partial charge in [0.1, 0.15) is 11.6 Å². The minimum absolute atomic E-state index is 0.261. The Balaban J connectivity index is 2.01. The normalized spacial score (nSPS) is 14.8. The van der Waals surface area contributed by atoms with Crippen molar-refractivity contribution >= 4 is 27.0 Å². The molecule has 4 heteroatoms. The zero-order chi connectivity index (χ0) is 13.7. The summed E-state index contributed by atoms with van der Waals surface area (Å²) in [7, 11) is 0. The molecule has 0 saturated heterocycles. The van der Waals surface area contributed by atoms with Crippen LogP contribution in [0.1, 0.15) is 18.9 Å². The molecule has 1 aromatic heterocycles. The summed E-state index contributed by atoms with van der Waals surface area (Å²) >= 11 is 3.38. The van der Waals surface area contributed by atoms with Crippen molar-refractivity contribution in [2.24, 2.45) is 0 Å². The van der Waals surface area contributed by atoms with Crippen molar-refractivity contribution in [2.75, 3.05) is 0 Å². The predicted molar refractivity (Wildman–Crippen MR) is 82.8 cm³/mol. The number of phenols is 1. The lowest BCUT2D eigenvalue weighted by atomic mass is 10.2. The molecule has 1 saturated carbocycles. The molecule has 100 valence electrons. The van der Waals surface area contributed by atoms with Crippen LogP contribution in [0.25, 0.3) is 22.4 Å². The van der Waals surface area contributed by atoms with E-state index in [2.05, 4.69) is 26.6 Å². The minimum atomic E-state index is 0.261. The highest BCUT2D eigenvalue weighted by molar-refractivity contribution is 9.10. The molecule has 0 spiro atoms. The highest BCUT2D eigenvalue weighted by Gasteiger charge is 2.29. The number of hydrogen-bond donors (Lipinski definition) is 1. The molecule has 4 rings (SSSR count). The van der Waals surface area contributed by atoms with Gasteiger partial charge >= 0.3 is 0 Å². The standard InChI is InChI=1S/C16H13BrN2O/c17-10-5-8-12(15(20)9-10)16-18-13-3-1-2-4-14(13)19(16)11-6-7-11/h1-5,8-9,11,20H,6-7H2. The summed E-state index contributed by atoms with van der Waals surface area (Å²) in [5.74, 6) is 1.12. The van der Waals surface area contributed by atoms with Crippen LogP contribution in [-0.2, 0) is 0 Å². The SMILES string of the molecule is Oc1cc(Br)ccc1-c1nc2ccccc2n1C1CC1. The average Bonchev–Trinajstić information content (AvgIpc) is 3.19. The lowest BCUT2D eigenvalue weighted by Gasteiger charge is -2.09. The fraction of sp³-hybridized carbons (Fsp3) is 0.188. The number of phenolic OH excluding ortho intramolecular Hbond substituents is 1. The second-order valence-corrected chi connectivity index (χ2v) is 6.10. The number of fused-ring (bicyclic) bond motifs is 1. The predicted octanol–water partition coefficient (Wildman–Crippen LogP) is 4.51. The third-order valence-corrected chi connectivity index (χ3v) is 4.20. The van der Waals surface area contributed by atoms with Gasteiger partial charge in [0.15, 0.2) is 0 Å². The van der Waals surface area contributed by atoms with E-state index in [0.717, 1.165) is 26.9 Å². The van der Waals surface area contributed by atoms with Crippen LogP contribution in [0.4, 0.5) is 0 Å². The summed E-state index contributed by atoms with van der Waals surface area (Å²) < 4.78 is 3.13. The number of rotatable bonds is 2. The Kier molecular flexibility index (Phi) is 2.60. The molecule has 0 unspecified atom stereocenters. The molecule has 0 amide bonds. The molecule has 3 aromatic rings. The van der Waals surface area contributed by atoms with Crippen molar-refractivity contribution in [3.8, 4) is 17.1 Å². The Bertz CT molecular complexity index is 805. The third kappa shape index (κ3) is 1.83. The van der Waals surface area contributed by atoms with Gasteiger partial charge in [-0.2, -0.15) is 0 Å². The van der Waals surface area contributed by atoms with E-state index in [0.29, 0.717) is 6.04 Å². The van der Waals surface area contributed by atoms with Crippen LogP contribution in [0.5, 0.6) is 5.75 Å². The van der Waals surface area contributed by atoms with Crippen LogP contribution in [-0.4, -0.2) is 14.7 Å². The third-order valence-electron chi connectivity index (χ3n) is 3.71. The van der Waals surface area contributed by atoms with E-state index in [-0.39, 0.29) is 5.75 Å². The number of hydrogen-bond acceptors (Lipinski definition) is 2. The maximum absolute atomic E-state index is 10.2. The van der Waals surface area contributed by atoms with Crippen molar-refractivity contribution in [3.63, 3.8) is 0 Å². The first-order chi connectivity index (χ1) is 9.74. The number of nitrogens with zero attached hydrogens (tertiary/aromatic N) is 2. The van der Waals surface area contributed by atoms with Gasteiger partial charge in [-0.3, -0.25) is 0 Å². The van der Waals surface area contributed by atoms with Crippen LogP contribution < -0.4 is 0 Å². The Morgan fingerprint density at radius 1 is 1.15 bits per heavy atom. The molecule has 1 fully saturated rings. The number of para-hydroxylation sites is 2. The lowest BCUT2D eigenvalue weighted by Crippen LogP contribution is -1.97. The summed E-state index contributed by atoms with van der Waals surface area (Å²) in [6.45, 7) is 0. The lowest BCUT2D eigenvalue weighted by molar-refractivity contribution is 0.476. The van der Waals surface area contributed by atoms with E-state index in [1.54, 1.807) is 6.07 Å². The first kappa shape index (κ1) is 12.0. The summed E-state index contributed by atoms with van der Waals surface area (Å²) in [6.07, 6.45) is 2.37. The monoisotopic (exact) mass is 328 g/mol. The topological polar surface area (TPSA) is 38.1 Å². The van der Waals surface area contributed by atoms with Crippen molar-refractivity contribution in [1.29, 1.82) is 0 Å². The first-order valence-corrected chi connectivity index (χ1v) is 7.49. The fourth-order valence-corrected chi connectivity index (χ4v) is 2.98. The average molecular weight is 329 g/mol. The molecular formula is C16H13BrN2O. The molecule has 0 bridgehead atoms. The van der Waals surface area contributed by atoms with Gasteiger partial charge in [0.25, 0.3) is 0 Å². The maximum Gasteiger partial charge on any atom is 0.145 e. The van der Waals surface area contributed by atoms with E-state index < -0.39 is 0 Å². The number of benzene rings is 2. The molecule has 0 aliphatic heterocycles. The smallest absolute Gasteiger partial charge is 0.145 e. The largest absolute Gasteiger partial charge is 0.507 e. The van der Waals surface area contributed by atoms with Crippen LogP contribution >= 0.6 is 15.9 Å². The van der Waals surface area contributed by atoms with Gasteiger partial charge in [-0.05, 0) is 43.2 Å². The zero-order valence-electron chi connectivity index (χ0n) is 10.8. The van der Waals surface area contributed by atoms with Crippen LogP contribution in [0.15, 0.2) is 46.9 Å². The zero-order valence-corrected chi connectivity index (χ0v) is 12.3. The summed E-state index contributed by atoms with van der Waals surface area (Å²) in [5, 5.41) is 10.2. The van der Waals surface area contributed by atoms with Gasteiger partial charge in [-0.15, -0.1) is 0 Å². The van der Waals surface area contributed by atoms with Gasteiger partial charge in [-0.1, -0.05) is 28.1 Å². The summed E-state index contributed by atoms with van der Waals surface area (Å²) in [6, 6.07) is 14.2. The van der Waals surface area contributed by atoms with Crippen molar-refractivity contribution in [2.45, 2.75) is 18.9 Å². The molecule has 20 heavy (non-hydrogen) atoms. The van der Waals surface area contributed by atoms with E-state index in [4.69, 9.17) is 4.98 Å². The molecule has 0 radical (unpaired) electrons. The van der Waals surface area contributed by atoms with E-state index in [1.165, 1.54) is 12.8 Å². The van der Waals surface area contributed by atoms with E-state index in [9.17, 15) is 5.11 Å². The molecule has 3 nitrogen and oxygen atoms in total. The highest BCUT2D eigenvalue weighted by Crippen LogP contribution is 2.43. The van der Waals surface area contributed by atoms with Crippen molar-refractivity contribution in [3.05, 3.63) is 46.9 Å². The quantitative estimate of drug-likeness (QED) is 0.751. The number of aromatic nitrogens is 2. The minimum Gasteiger partial charge on any atom is -0.507 e. The van der Waals surface area contributed by atoms with Gasteiger partial charge < -0.3 is 9.67 Å². The Hall–Kier alpha value is -1.81. The van der Waals surface area contributed by atoms with Gasteiger partial charge in [0.2, 0.25) is 0 Å². The first-order valence-electron chi connectivity index (χ1n) is 6.70. The fourth-order valence-electron chi connectivity index (χ4n) is 2.63. The number of halogens is 1. The molecule has 1 aliphatic carbocycles. The summed E-state index contributed by atoms with van der Waals surface area (Å²) in [5.41, 5.74) is 2.92. The van der Waals surface area contributed by atoms with Crippen LogP contribution in [0.3, 0.4) is 0 Å². The second-order valence-electron chi connectivity index (χ2n) is 5.19. The molecule has 0 atom stereocenters. The van der Waals surface area contributed by atoms with Gasteiger partial charge in [-0.25, -0.2) is 4.98 Å². The maximum atomic E-state index is 10.2. The van der Waals surface area contributed by atoms with Gasteiger partial charge in [0, 0.05) is 10.5 Å². The molecule has 1 heterocycles. The highest BCUT2D eigenvalue weighted by atomic mass is 79.9.